The molecule has 2 saturated heterocycles. The molecule has 6 atom stereocenters. The van der Waals surface area contributed by atoms with Crippen molar-refractivity contribution < 1.29 is 28.7 Å². The second kappa shape index (κ2) is 10.6. The first-order valence-electron chi connectivity index (χ1n) is 15.7. The van der Waals surface area contributed by atoms with Crippen LogP contribution in [0.2, 0.25) is 5.02 Å². The number of benzene rings is 4. The highest BCUT2D eigenvalue weighted by molar-refractivity contribution is 6.31. The van der Waals surface area contributed by atoms with Crippen LogP contribution in [0.4, 0.5) is 10.1 Å². The van der Waals surface area contributed by atoms with Crippen molar-refractivity contribution >= 4 is 51.7 Å². The van der Waals surface area contributed by atoms with Crippen molar-refractivity contribution in [3.05, 3.63) is 119 Å². The number of fused-ring (bicyclic) bond motifs is 5. The molecule has 2 aliphatic heterocycles. The van der Waals surface area contributed by atoms with Crippen molar-refractivity contribution in [2.45, 2.75) is 32.2 Å². The number of anilines is 1. The maximum Gasteiger partial charge on any atom is 0.241 e. The third kappa shape index (κ3) is 4.17. The first kappa shape index (κ1) is 29.6. The molecule has 3 fully saturated rings. The molecule has 2 aliphatic carbocycles. The molecule has 4 aromatic rings. The van der Waals surface area contributed by atoms with E-state index >= 15 is 0 Å². The van der Waals surface area contributed by atoms with Crippen LogP contribution in [0.1, 0.15) is 36.8 Å². The van der Waals surface area contributed by atoms with Crippen molar-refractivity contribution in [3.8, 4) is 5.75 Å². The number of likely N-dealkylation sites (tertiary alicyclic amines) is 1. The number of imide groups is 2. The smallest absolute Gasteiger partial charge is 0.241 e. The molecule has 0 bridgehead atoms. The van der Waals surface area contributed by atoms with E-state index in [1.54, 1.807) is 25.1 Å². The molecule has 2 heterocycles. The molecule has 8 rings (SSSR count). The van der Waals surface area contributed by atoms with E-state index < -0.39 is 52.6 Å². The van der Waals surface area contributed by atoms with Crippen LogP contribution in [0, 0.1) is 34.9 Å². The zero-order chi connectivity index (χ0) is 32.8. The van der Waals surface area contributed by atoms with Crippen LogP contribution in [0.25, 0.3) is 10.8 Å². The van der Waals surface area contributed by atoms with E-state index in [1.165, 1.54) is 17.0 Å². The Kier molecular flexibility index (Phi) is 6.67. The molecule has 236 valence electrons. The molecule has 47 heavy (non-hydrogen) atoms. The minimum absolute atomic E-state index is 0.0839. The average molecular weight is 649 g/mol. The number of nitrogens with zero attached hydrogens (tertiary/aromatic N) is 2. The number of allylic oxidation sites excluding steroid dienone is 2. The monoisotopic (exact) mass is 648 g/mol. The van der Waals surface area contributed by atoms with Gasteiger partial charge < -0.3 is 5.11 Å². The largest absolute Gasteiger partial charge is 0.507 e. The molecular formula is C38H30ClFN2O5. The van der Waals surface area contributed by atoms with Gasteiger partial charge in [-0.05, 0) is 66.5 Å². The molecular weight excluding hydrogens is 619 g/mol. The second-order valence-corrected chi connectivity index (χ2v) is 13.6. The fourth-order valence-corrected chi connectivity index (χ4v) is 8.95. The number of amides is 4. The zero-order valence-corrected chi connectivity index (χ0v) is 26.2. The molecule has 4 aliphatic rings. The number of aromatic hydroxyl groups is 1. The SMILES string of the molecule is C[C@@]12C(=O)N(c3ccc(F)c(Cl)c3)C(=O)[C@@H]1C[C@@H]1C(=CC[C@@H]3C(=O)N(Cc4ccccc4)C(=O)[C@@H]31)[C@@H]2c1ccc(O)c2ccccc12. The first-order valence-corrected chi connectivity index (χ1v) is 16.1. The lowest BCUT2D eigenvalue weighted by Gasteiger charge is -2.49. The van der Waals surface area contributed by atoms with E-state index in [0.29, 0.717) is 11.8 Å². The van der Waals surface area contributed by atoms with Gasteiger partial charge in [0.25, 0.3) is 0 Å². The van der Waals surface area contributed by atoms with Gasteiger partial charge in [0.2, 0.25) is 23.6 Å². The summed E-state index contributed by atoms with van der Waals surface area (Å²) in [5.41, 5.74) is 1.33. The summed E-state index contributed by atoms with van der Waals surface area (Å²) in [6, 6.07) is 23.9. The Morgan fingerprint density at radius 3 is 2.34 bits per heavy atom. The summed E-state index contributed by atoms with van der Waals surface area (Å²) in [6.07, 6.45) is 2.54. The van der Waals surface area contributed by atoms with Gasteiger partial charge in [-0.1, -0.05) is 83.9 Å². The van der Waals surface area contributed by atoms with Crippen LogP contribution in [-0.2, 0) is 25.7 Å². The third-order valence-electron chi connectivity index (χ3n) is 11.0. The summed E-state index contributed by atoms with van der Waals surface area (Å²) in [7, 11) is 0. The normalized spacial score (nSPS) is 28.4. The minimum atomic E-state index is -1.29. The predicted octanol–water partition coefficient (Wildman–Crippen LogP) is 6.77. The number of halogens is 2. The number of hydrogen-bond donors (Lipinski definition) is 1. The topological polar surface area (TPSA) is 95.0 Å². The molecule has 0 radical (unpaired) electrons. The molecule has 9 heteroatoms. The Labute approximate surface area is 275 Å². The second-order valence-electron chi connectivity index (χ2n) is 13.2. The van der Waals surface area contributed by atoms with E-state index in [0.717, 1.165) is 33.1 Å². The number of phenols is 1. The van der Waals surface area contributed by atoms with E-state index in [-0.39, 0.29) is 41.2 Å². The lowest BCUT2D eigenvalue weighted by molar-refractivity contribution is -0.141. The van der Waals surface area contributed by atoms with Crippen LogP contribution < -0.4 is 4.90 Å². The average Bonchev–Trinajstić information content (AvgIpc) is 3.43. The van der Waals surface area contributed by atoms with Gasteiger partial charge in [-0.25, -0.2) is 9.29 Å². The van der Waals surface area contributed by atoms with Gasteiger partial charge in [-0.15, -0.1) is 0 Å². The lowest BCUT2D eigenvalue weighted by Crippen LogP contribution is -2.49. The summed E-state index contributed by atoms with van der Waals surface area (Å²) in [6.45, 7) is 1.96. The van der Waals surface area contributed by atoms with Crippen molar-refractivity contribution in [1.29, 1.82) is 0 Å². The predicted molar refractivity (Wildman–Crippen MR) is 174 cm³/mol. The number of carbonyl (C=O) groups excluding carboxylic acids is 4. The van der Waals surface area contributed by atoms with Gasteiger partial charge >= 0.3 is 0 Å². The molecule has 1 saturated carbocycles. The van der Waals surface area contributed by atoms with Gasteiger partial charge in [0.05, 0.1) is 40.4 Å². The Hall–Kier alpha value is -4.82. The third-order valence-corrected chi connectivity index (χ3v) is 11.2. The Balaban J connectivity index is 1.29. The molecule has 0 aromatic heterocycles. The Morgan fingerprint density at radius 2 is 1.60 bits per heavy atom. The van der Waals surface area contributed by atoms with Crippen LogP contribution in [0.15, 0.2) is 96.6 Å². The van der Waals surface area contributed by atoms with Crippen molar-refractivity contribution in [2.24, 2.45) is 29.1 Å². The fourth-order valence-electron chi connectivity index (χ4n) is 8.77. The highest BCUT2D eigenvalue weighted by Gasteiger charge is 2.67. The van der Waals surface area contributed by atoms with Gasteiger partial charge in [0.15, 0.2) is 0 Å². The van der Waals surface area contributed by atoms with Crippen LogP contribution in [0.5, 0.6) is 5.75 Å². The summed E-state index contributed by atoms with van der Waals surface area (Å²) < 4.78 is 14.2. The maximum absolute atomic E-state index is 14.7. The number of phenolic OH excluding ortho intramolecular Hbond substituents is 1. The highest BCUT2D eigenvalue weighted by Crippen LogP contribution is 2.64. The van der Waals surface area contributed by atoms with Crippen LogP contribution in [0.3, 0.4) is 0 Å². The maximum atomic E-state index is 14.7. The highest BCUT2D eigenvalue weighted by atomic mass is 35.5. The minimum Gasteiger partial charge on any atom is -0.507 e. The summed E-state index contributed by atoms with van der Waals surface area (Å²) >= 11 is 6.11. The number of rotatable bonds is 4. The molecule has 4 amide bonds. The van der Waals surface area contributed by atoms with E-state index in [2.05, 4.69) is 0 Å². The van der Waals surface area contributed by atoms with E-state index in [9.17, 15) is 28.7 Å². The number of hydrogen-bond acceptors (Lipinski definition) is 5. The van der Waals surface area contributed by atoms with Gasteiger partial charge in [-0.3, -0.25) is 24.1 Å². The lowest BCUT2D eigenvalue weighted by atomic mass is 9.51. The van der Waals surface area contributed by atoms with Crippen molar-refractivity contribution in [3.63, 3.8) is 0 Å². The van der Waals surface area contributed by atoms with E-state index in [4.69, 9.17) is 11.6 Å². The standard InChI is InChI=1S/C38H30ClFN2O5/c1-38-28(35(45)42(37(38)47)21-11-15-30(40)29(39)17-21)18-27-25(33(38)24-14-16-31(43)23-10-6-5-9-22(23)24)12-13-26-32(27)36(46)41(34(26)44)19-20-7-3-2-4-8-20/h2-12,14-17,26-28,32-33,43H,13,18-19H2,1H3/t26-,27+,28-,32-,33-,38+/m0/s1. The van der Waals surface area contributed by atoms with E-state index in [1.807, 2.05) is 54.6 Å². The molecule has 1 N–H and O–H groups in total. The van der Waals surface area contributed by atoms with Gasteiger partial charge in [-0.2, -0.15) is 0 Å². The Morgan fingerprint density at radius 1 is 0.872 bits per heavy atom. The quantitative estimate of drug-likeness (QED) is 0.195. The van der Waals surface area contributed by atoms with Crippen LogP contribution >= 0.6 is 11.6 Å². The van der Waals surface area contributed by atoms with Crippen molar-refractivity contribution in [1.82, 2.24) is 4.90 Å². The van der Waals surface area contributed by atoms with Gasteiger partial charge in [0, 0.05) is 11.3 Å². The molecule has 0 spiro atoms. The van der Waals surface area contributed by atoms with Crippen LogP contribution in [-0.4, -0.2) is 33.6 Å². The summed E-state index contributed by atoms with van der Waals surface area (Å²) in [4.78, 5) is 59.5. The van der Waals surface area contributed by atoms with Crippen molar-refractivity contribution in [2.75, 3.05) is 4.90 Å². The molecule has 7 nitrogen and oxygen atoms in total. The first-order chi connectivity index (χ1) is 22.6. The fraction of sp³-hybridized carbons (Fsp3) is 0.263. The summed E-state index contributed by atoms with van der Waals surface area (Å²) in [5.74, 6) is -5.20. The van der Waals surface area contributed by atoms with Gasteiger partial charge in [0.1, 0.15) is 11.6 Å². The molecule has 4 aromatic carbocycles. The Bertz CT molecular complexity index is 2060. The summed E-state index contributed by atoms with van der Waals surface area (Å²) in [5, 5.41) is 11.9. The molecule has 0 unspecified atom stereocenters. The number of carbonyl (C=O) groups is 4. The zero-order valence-electron chi connectivity index (χ0n) is 25.4.